The number of hydrogen-bond donors (Lipinski definition) is 2. The van der Waals surface area contributed by atoms with Gasteiger partial charge in [-0.1, -0.05) is 42.5 Å². The van der Waals surface area contributed by atoms with Crippen LogP contribution in [0.3, 0.4) is 0 Å². The lowest BCUT2D eigenvalue weighted by molar-refractivity contribution is 0.102. The summed E-state index contributed by atoms with van der Waals surface area (Å²) in [5, 5.41) is 2.81. The Labute approximate surface area is 212 Å². The van der Waals surface area contributed by atoms with Gasteiger partial charge in [-0.2, -0.15) is 0 Å². The highest BCUT2D eigenvalue weighted by molar-refractivity contribution is 7.92. The summed E-state index contributed by atoms with van der Waals surface area (Å²) in [6, 6.07) is 27.0. The van der Waals surface area contributed by atoms with Crippen LogP contribution in [0, 0.1) is 20.8 Å². The number of carbonyl (C=O) groups excluding carboxylic acids is 1. The summed E-state index contributed by atoms with van der Waals surface area (Å²) >= 11 is 0. The van der Waals surface area contributed by atoms with Crippen LogP contribution in [0.2, 0.25) is 0 Å². The predicted octanol–water partition coefficient (Wildman–Crippen LogP) is 6.24. The summed E-state index contributed by atoms with van der Waals surface area (Å²) < 4.78 is 34.7. The Kier molecular flexibility index (Phi) is 7.41. The first-order chi connectivity index (χ1) is 17.2. The average molecular weight is 501 g/mol. The molecule has 0 saturated carbocycles. The summed E-state index contributed by atoms with van der Waals surface area (Å²) in [7, 11) is -3.89. The Morgan fingerprint density at radius 1 is 0.778 bits per heavy atom. The van der Waals surface area contributed by atoms with Gasteiger partial charge in [0.2, 0.25) is 0 Å². The van der Waals surface area contributed by atoms with Crippen LogP contribution in [-0.2, 0) is 16.6 Å². The van der Waals surface area contributed by atoms with Crippen molar-refractivity contribution < 1.29 is 17.9 Å². The lowest BCUT2D eigenvalue weighted by atomic mass is 10.1. The second kappa shape index (κ2) is 10.7. The van der Waals surface area contributed by atoms with Crippen molar-refractivity contribution in [1.82, 2.24) is 0 Å². The van der Waals surface area contributed by atoms with E-state index in [0.717, 1.165) is 16.7 Å². The fraction of sp³-hybridized carbons (Fsp3) is 0.138. The molecule has 184 valence electrons. The first kappa shape index (κ1) is 25.0. The second-order valence-corrected chi connectivity index (χ2v) is 10.4. The van der Waals surface area contributed by atoms with Crippen LogP contribution in [0.1, 0.15) is 32.6 Å². The zero-order valence-corrected chi connectivity index (χ0v) is 21.2. The summed E-state index contributed by atoms with van der Waals surface area (Å²) in [4.78, 5) is 12.9. The lowest BCUT2D eigenvalue weighted by Gasteiger charge is -2.13. The zero-order chi connectivity index (χ0) is 25.7. The van der Waals surface area contributed by atoms with Gasteiger partial charge >= 0.3 is 0 Å². The SMILES string of the molecule is Cc1cc(C)cc(NS(=O)(=O)c2cc(C(=O)Nc3ccc(OCc4ccccc4)cc3)ccc2C)c1. The molecule has 0 heterocycles. The molecule has 0 aliphatic rings. The van der Waals surface area contributed by atoms with Crippen LogP contribution >= 0.6 is 0 Å². The van der Waals surface area contributed by atoms with E-state index in [-0.39, 0.29) is 10.5 Å². The molecule has 0 saturated heterocycles. The van der Waals surface area contributed by atoms with Crippen molar-refractivity contribution in [1.29, 1.82) is 0 Å². The van der Waals surface area contributed by atoms with Crippen LogP contribution in [0.15, 0.2) is 95.9 Å². The van der Waals surface area contributed by atoms with Crippen molar-refractivity contribution in [3.8, 4) is 5.75 Å². The van der Waals surface area contributed by atoms with E-state index < -0.39 is 15.9 Å². The molecule has 0 spiro atoms. The molecule has 0 aliphatic heterocycles. The number of nitrogens with one attached hydrogen (secondary N) is 2. The number of anilines is 2. The number of benzene rings is 4. The second-order valence-electron chi connectivity index (χ2n) is 8.71. The number of hydrogen-bond acceptors (Lipinski definition) is 4. The standard InChI is InChI=1S/C29H28N2O4S/c1-20-15-21(2)17-26(16-20)31-36(33,34)28-18-24(10-9-22(28)3)29(32)30-25-11-13-27(14-12-25)35-19-23-7-5-4-6-8-23/h4-18,31H,19H2,1-3H3,(H,30,32). The van der Waals surface area contributed by atoms with E-state index in [1.807, 2.05) is 50.2 Å². The summed E-state index contributed by atoms with van der Waals surface area (Å²) in [6.45, 7) is 5.96. The molecule has 0 radical (unpaired) electrons. The maximum atomic E-state index is 13.1. The van der Waals surface area contributed by atoms with Gasteiger partial charge in [0.15, 0.2) is 0 Å². The smallest absolute Gasteiger partial charge is 0.262 e. The van der Waals surface area contributed by atoms with Gasteiger partial charge < -0.3 is 10.1 Å². The molecule has 4 rings (SSSR count). The van der Waals surface area contributed by atoms with Gasteiger partial charge in [0.05, 0.1) is 4.90 Å². The van der Waals surface area contributed by atoms with Crippen LogP contribution in [0.4, 0.5) is 11.4 Å². The topological polar surface area (TPSA) is 84.5 Å². The third kappa shape index (κ3) is 6.31. The van der Waals surface area contributed by atoms with E-state index in [1.165, 1.54) is 6.07 Å². The molecule has 0 aliphatic carbocycles. The van der Waals surface area contributed by atoms with Gasteiger partial charge in [-0.25, -0.2) is 8.42 Å². The largest absolute Gasteiger partial charge is 0.489 e. The van der Waals surface area contributed by atoms with Crippen LogP contribution in [0.5, 0.6) is 5.75 Å². The van der Waals surface area contributed by atoms with E-state index in [2.05, 4.69) is 10.0 Å². The number of carbonyl (C=O) groups is 1. The van der Waals surface area contributed by atoms with Gasteiger partial charge in [-0.15, -0.1) is 0 Å². The molecule has 6 nitrogen and oxygen atoms in total. The highest BCUT2D eigenvalue weighted by Crippen LogP contribution is 2.23. The Morgan fingerprint density at radius 2 is 1.44 bits per heavy atom. The highest BCUT2D eigenvalue weighted by Gasteiger charge is 2.20. The van der Waals surface area contributed by atoms with E-state index in [4.69, 9.17) is 4.74 Å². The van der Waals surface area contributed by atoms with Crippen LogP contribution in [-0.4, -0.2) is 14.3 Å². The summed E-state index contributed by atoms with van der Waals surface area (Å²) in [6.07, 6.45) is 0. The quantitative estimate of drug-likeness (QED) is 0.300. The van der Waals surface area contributed by atoms with E-state index >= 15 is 0 Å². The maximum Gasteiger partial charge on any atom is 0.262 e. The molecule has 4 aromatic rings. The van der Waals surface area contributed by atoms with E-state index in [9.17, 15) is 13.2 Å². The minimum atomic E-state index is -3.89. The Hall–Kier alpha value is -4.10. The van der Waals surface area contributed by atoms with Gasteiger partial charge in [0.1, 0.15) is 12.4 Å². The van der Waals surface area contributed by atoms with Crippen LogP contribution < -0.4 is 14.8 Å². The van der Waals surface area contributed by atoms with Crippen molar-refractivity contribution in [2.45, 2.75) is 32.3 Å². The van der Waals surface area contributed by atoms with Crippen molar-refractivity contribution in [3.63, 3.8) is 0 Å². The third-order valence-electron chi connectivity index (χ3n) is 5.57. The van der Waals surface area contributed by atoms with Crippen molar-refractivity contribution in [3.05, 3.63) is 119 Å². The molecule has 0 bridgehead atoms. The van der Waals surface area contributed by atoms with Gasteiger partial charge in [0, 0.05) is 16.9 Å². The van der Waals surface area contributed by atoms with Crippen molar-refractivity contribution >= 4 is 27.3 Å². The number of amides is 1. The minimum Gasteiger partial charge on any atom is -0.489 e. The van der Waals surface area contributed by atoms with Gasteiger partial charge in [0.25, 0.3) is 15.9 Å². The summed E-state index contributed by atoms with van der Waals surface area (Å²) in [5.41, 5.74) is 4.81. The molecule has 0 aromatic heterocycles. The first-order valence-corrected chi connectivity index (χ1v) is 13.0. The van der Waals surface area contributed by atoms with E-state index in [0.29, 0.717) is 29.3 Å². The lowest BCUT2D eigenvalue weighted by Crippen LogP contribution is -2.17. The molecule has 7 heteroatoms. The maximum absolute atomic E-state index is 13.1. The molecular weight excluding hydrogens is 472 g/mol. The van der Waals surface area contributed by atoms with Gasteiger partial charge in [-0.05, 0) is 91.6 Å². The monoisotopic (exact) mass is 500 g/mol. The van der Waals surface area contributed by atoms with Crippen LogP contribution in [0.25, 0.3) is 0 Å². The van der Waals surface area contributed by atoms with Crippen molar-refractivity contribution in [2.75, 3.05) is 10.0 Å². The number of ether oxygens (including phenoxy) is 1. The molecular formula is C29H28N2O4S. The van der Waals surface area contributed by atoms with Gasteiger partial charge in [-0.3, -0.25) is 9.52 Å². The molecule has 0 fully saturated rings. The van der Waals surface area contributed by atoms with E-state index in [1.54, 1.807) is 55.5 Å². The highest BCUT2D eigenvalue weighted by atomic mass is 32.2. The summed E-state index contributed by atoms with van der Waals surface area (Å²) in [5.74, 6) is 0.272. The number of aryl methyl sites for hydroxylation is 3. The zero-order valence-electron chi connectivity index (χ0n) is 20.4. The Morgan fingerprint density at radius 3 is 2.11 bits per heavy atom. The molecule has 2 N–H and O–H groups in total. The number of rotatable bonds is 8. The molecule has 4 aromatic carbocycles. The fourth-order valence-electron chi connectivity index (χ4n) is 3.85. The molecule has 0 atom stereocenters. The Bertz CT molecular complexity index is 1460. The normalized spacial score (nSPS) is 11.1. The van der Waals surface area contributed by atoms with Crippen molar-refractivity contribution in [2.24, 2.45) is 0 Å². The molecule has 1 amide bonds. The number of sulfonamides is 1. The fourth-order valence-corrected chi connectivity index (χ4v) is 5.17. The Balaban J connectivity index is 1.45. The average Bonchev–Trinajstić information content (AvgIpc) is 2.83. The first-order valence-electron chi connectivity index (χ1n) is 11.5. The predicted molar refractivity (Wildman–Crippen MR) is 143 cm³/mol. The molecule has 0 unspecified atom stereocenters. The minimum absolute atomic E-state index is 0.0546. The molecule has 36 heavy (non-hydrogen) atoms. The third-order valence-corrected chi connectivity index (χ3v) is 7.10.